The van der Waals surface area contributed by atoms with Gasteiger partial charge in [-0.3, -0.25) is 0 Å². The van der Waals surface area contributed by atoms with Gasteiger partial charge in [0.2, 0.25) is 0 Å². The van der Waals surface area contributed by atoms with Gasteiger partial charge < -0.3 is 0 Å². The topological polar surface area (TPSA) is 0 Å². The van der Waals surface area contributed by atoms with Gasteiger partial charge in [0.1, 0.15) is 0 Å². The molecule has 6 aromatic rings. The van der Waals surface area contributed by atoms with Crippen molar-refractivity contribution in [2.75, 3.05) is 0 Å². The van der Waals surface area contributed by atoms with Crippen LogP contribution in [0.15, 0.2) is 158 Å². The minimum absolute atomic E-state index is 0.0337. The number of hydrogen-bond donors (Lipinski definition) is 0. The second-order valence-corrected chi connectivity index (χ2v) is 9.77. The summed E-state index contributed by atoms with van der Waals surface area (Å²) in [5, 5.41) is 2.62. The molecule has 0 aromatic heterocycles. The number of rotatable bonds is 6. The number of hydrogen-bond acceptors (Lipinski definition) is 0. The fourth-order valence-corrected chi connectivity index (χ4v) is 6.14. The van der Waals surface area contributed by atoms with Crippen molar-refractivity contribution in [2.24, 2.45) is 0 Å². The largest absolute Gasteiger partial charge is 0.0622 e. The highest BCUT2D eigenvalue weighted by Crippen LogP contribution is 2.53. The van der Waals surface area contributed by atoms with E-state index < -0.39 is 5.41 Å². The lowest BCUT2D eigenvalue weighted by Gasteiger charge is -2.44. The van der Waals surface area contributed by atoms with E-state index in [-0.39, 0.29) is 5.92 Å². The molecule has 0 radical (unpaired) electrons. The molecule has 0 nitrogen and oxygen atoms in total. The zero-order chi connectivity index (χ0) is 25.1. The van der Waals surface area contributed by atoms with Gasteiger partial charge in [-0.2, -0.15) is 0 Å². The first kappa shape index (κ1) is 23.0. The minimum atomic E-state index is -0.455. The van der Waals surface area contributed by atoms with Crippen molar-refractivity contribution in [2.45, 2.75) is 18.3 Å². The summed E-state index contributed by atoms with van der Waals surface area (Å²) in [6.45, 7) is 2.21. The lowest BCUT2D eigenvalue weighted by Crippen LogP contribution is -2.37. The average Bonchev–Trinajstić information content (AvgIpc) is 2.99. The molecule has 0 unspecified atom stereocenters. The van der Waals surface area contributed by atoms with Crippen molar-refractivity contribution in [1.29, 1.82) is 0 Å². The fourth-order valence-electron chi connectivity index (χ4n) is 6.14. The van der Waals surface area contributed by atoms with Crippen molar-refractivity contribution in [3.63, 3.8) is 0 Å². The van der Waals surface area contributed by atoms with E-state index in [2.05, 4.69) is 165 Å². The summed E-state index contributed by atoms with van der Waals surface area (Å²) < 4.78 is 0. The minimum Gasteiger partial charge on any atom is -0.0622 e. The molecular weight excluding hydrogens is 444 g/mol. The van der Waals surface area contributed by atoms with Gasteiger partial charge in [0.05, 0.1) is 5.41 Å². The Kier molecular flexibility index (Phi) is 6.16. The summed E-state index contributed by atoms with van der Waals surface area (Å²) in [6.07, 6.45) is 0. The zero-order valence-corrected chi connectivity index (χ0v) is 21.1. The first-order valence-electron chi connectivity index (χ1n) is 13.0. The van der Waals surface area contributed by atoms with Crippen molar-refractivity contribution >= 4 is 10.8 Å². The van der Waals surface area contributed by atoms with Crippen LogP contribution in [-0.2, 0) is 5.41 Å². The highest BCUT2D eigenvalue weighted by atomic mass is 14.5. The van der Waals surface area contributed by atoms with E-state index in [9.17, 15) is 0 Å². The summed E-state index contributed by atoms with van der Waals surface area (Å²) in [4.78, 5) is 0. The second-order valence-electron chi connectivity index (χ2n) is 9.77. The van der Waals surface area contributed by atoms with Crippen LogP contribution in [-0.4, -0.2) is 0 Å². The molecule has 37 heavy (non-hydrogen) atoms. The first-order valence-corrected chi connectivity index (χ1v) is 13.0. The van der Waals surface area contributed by atoms with Crippen LogP contribution in [0.4, 0.5) is 0 Å². The van der Waals surface area contributed by atoms with Gasteiger partial charge in [0.25, 0.3) is 0 Å². The molecule has 0 saturated carbocycles. The Hall–Kier alpha value is -4.42. The highest BCUT2D eigenvalue weighted by Gasteiger charge is 2.45. The van der Waals surface area contributed by atoms with Crippen LogP contribution in [0.5, 0.6) is 0 Å². The van der Waals surface area contributed by atoms with Crippen molar-refractivity contribution in [3.8, 4) is 0 Å². The van der Waals surface area contributed by atoms with Crippen molar-refractivity contribution < 1.29 is 0 Å². The molecule has 6 aromatic carbocycles. The molecule has 0 spiro atoms. The standard InChI is InChI=1S/C37H30/c1-28-26-27-35(34-25-15-14-24-33(28)34)36(29-16-6-2-7-17-29)37(30-18-8-3-9-19-30,31-20-10-4-11-21-31)32-22-12-5-13-23-32/h2-27,36H,1H3/t36-/m1/s1. The third-order valence-corrected chi connectivity index (χ3v) is 7.74. The molecule has 0 saturated heterocycles. The van der Waals surface area contributed by atoms with E-state index in [0.29, 0.717) is 0 Å². The van der Waals surface area contributed by atoms with E-state index in [0.717, 1.165) is 0 Å². The molecule has 0 heterocycles. The molecule has 0 N–H and O–H groups in total. The van der Waals surface area contributed by atoms with Gasteiger partial charge in [0.15, 0.2) is 0 Å². The van der Waals surface area contributed by atoms with Crippen LogP contribution in [0, 0.1) is 6.92 Å². The smallest absolute Gasteiger partial charge is 0.0560 e. The Labute approximate surface area is 219 Å². The summed E-state index contributed by atoms with van der Waals surface area (Å²) in [6, 6.07) is 57.7. The predicted molar refractivity (Wildman–Crippen MR) is 156 cm³/mol. The van der Waals surface area contributed by atoms with E-state index >= 15 is 0 Å². The molecule has 0 amide bonds. The second kappa shape index (κ2) is 9.91. The maximum atomic E-state index is 2.36. The Morgan fingerprint density at radius 3 is 1.30 bits per heavy atom. The molecule has 0 fully saturated rings. The fraction of sp³-hybridized carbons (Fsp3) is 0.0811. The number of benzene rings is 6. The number of fused-ring (bicyclic) bond motifs is 1. The quantitative estimate of drug-likeness (QED) is 0.211. The monoisotopic (exact) mass is 474 g/mol. The van der Waals surface area contributed by atoms with Crippen LogP contribution in [0.3, 0.4) is 0 Å². The third-order valence-electron chi connectivity index (χ3n) is 7.74. The van der Waals surface area contributed by atoms with Crippen LogP contribution in [0.25, 0.3) is 10.8 Å². The average molecular weight is 475 g/mol. The van der Waals surface area contributed by atoms with Crippen LogP contribution in [0.2, 0.25) is 0 Å². The van der Waals surface area contributed by atoms with Crippen LogP contribution >= 0.6 is 0 Å². The number of aryl methyl sites for hydroxylation is 1. The SMILES string of the molecule is Cc1ccc([C@@H](c2ccccc2)C(c2ccccc2)(c2ccccc2)c2ccccc2)c2ccccc12. The Bertz CT molecular complexity index is 1500. The molecule has 1 atom stereocenters. The highest BCUT2D eigenvalue weighted by molar-refractivity contribution is 5.90. The third kappa shape index (κ3) is 3.96. The molecule has 0 aliphatic carbocycles. The lowest BCUT2D eigenvalue weighted by molar-refractivity contribution is 0.540. The molecule has 0 aliphatic heterocycles. The van der Waals surface area contributed by atoms with E-state index in [4.69, 9.17) is 0 Å². The molecular formula is C37H30. The maximum absolute atomic E-state index is 2.36. The van der Waals surface area contributed by atoms with Gasteiger partial charge in [0, 0.05) is 5.92 Å². The van der Waals surface area contributed by atoms with Crippen LogP contribution < -0.4 is 0 Å². The van der Waals surface area contributed by atoms with Gasteiger partial charge in [-0.25, -0.2) is 0 Å². The maximum Gasteiger partial charge on any atom is 0.0560 e. The summed E-state index contributed by atoms with van der Waals surface area (Å²) in [5.74, 6) is 0.0337. The van der Waals surface area contributed by atoms with Gasteiger partial charge in [-0.05, 0) is 51.1 Å². The van der Waals surface area contributed by atoms with Crippen molar-refractivity contribution in [1.82, 2.24) is 0 Å². The Morgan fingerprint density at radius 1 is 0.405 bits per heavy atom. The molecule has 0 heteroatoms. The van der Waals surface area contributed by atoms with E-state index in [1.54, 1.807) is 0 Å². The van der Waals surface area contributed by atoms with Crippen LogP contribution in [0.1, 0.15) is 39.3 Å². The summed E-state index contributed by atoms with van der Waals surface area (Å²) in [5.41, 5.74) is 7.33. The Morgan fingerprint density at radius 2 is 0.811 bits per heavy atom. The van der Waals surface area contributed by atoms with Gasteiger partial charge >= 0.3 is 0 Å². The summed E-state index contributed by atoms with van der Waals surface area (Å²) >= 11 is 0. The van der Waals surface area contributed by atoms with E-state index in [1.165, 1.54) is 44.2 Å². The van der Waals surface area contributed by atoms with Gasteiger partial charge in [-0.15, -0.1) is 0 Å². The molecule has 0 bridgehead atoms. The van der Waals surface area contributed by atoms with Crippen molar-refractivity contribution in [3.05, 3.63) is 191 Å². The zero-order valence-electron chi connectivity index (χ0n) is 21.1. The predicted octanol–water partition coefficient (Wildman–Crippen LogP) is 9.31. The normalized spacial score (nSPS) is 12.4. The van der Waals surface area contributed by atoms with Gasteiger partial charge in [-0.1, -0.05) is 158 Å². The first-order chi connectivity index (χ1) is 18.3. The molecule has 178 valence electrons. The molecule has 6 rings (SSSR count). The molecule has 0 aliphatic rings. The lowest BCUT2D eigenvalue weighted by atomic mass is 9.57. The van der Waals surface area contributed by atoms with E-state index in [1.807, 2.05) is 0 Å². The summed E-state index contributed by atoms with van der Waals surface area (Å²) in [7, 11) is 0. The Balaban J connectivity index is 1.82.